The molecule has 0 amide bonds. The van der Waals surface area contributed by atoms with E-state index < -0.39 is 0 Å². The summed E-state index contributed by atoms with van der Waals surface area (Å²) in [6.07, 6.45) is 42.0. The van der Waals surface area contributed by atoms with Gasteiger partial charge >= 0.3 is 5.97 Å². The molecule has 3 nitrogen and oxygen atoms in total. The lowest BCUT2D eigenvalue weighted by molar-refractivity contribution is -0.150. The van der Waals surface area contributed by atoms with Gasteiger partial charge in [-0.1, -0.05) is 104 Å². The van der Waals surface area contributed by atoms with Gasteiger partial charge in [0.25, 0.3) is 0 Å². The lowest BCUT2D eigenvalue weighted by atomic mass is 10.0. The largest absolute Gasteiger partial charge is 0.462 e. The van der Waals surface area contributed by atoms with Crippen molar-refractivity contribution < 1.29 is 9.53 Å². The van der Waals surface area contributed by atoms with Crippen molar-refractivity contribution in [2.75, 3.05) is 20.6 Å². The Morgan fingerprint density at radius 3 is 1.19 bits per heavy atom. The predicted molar refractivity (Wildman–Crippen MR) is 220 cm³/mol. The van der Waals surface area contributed by atoms with Crippen molar-refractivity contribution in [3.05, 3.63) is 0 Å². The molecule has 52 heavy (non-hydrogen) atoms. The molecule has 6 rings (SSSR count). The summed E-state index contributed by atoms with van der Waals surface area (Å²) in [6, 6.07) is 0. The van der Waals surface area contributed by atoms with Crippen LogP contribution >= 0.6 is 0 Å². The van der Waals surface area contributed by atoms with Gasteiger partial charge in [-0.15, -0.1) is 0 Å². The summed E-state index contributed by atoms with van der Waals surface area (Å²) in [5.74, 6) is 13.2. The topological polar surface area (TPSA) is 29.5 Å². The van der Waals surface area contributed by atoms with Crippen LogP contribution in [0.15, 0.2) is 0 Å². The Balaban J connectivity index is 0.767. The zero-order valence-corrected chi connectivity index (χ0v) is 35.2. The maximum Gasteiger partial charge on any atom is 0.306 e. The van der Waals surface area contributed by atoms with E-state index in [1.807, 2.05) is 0 Å². The van der Waals surface area contributed by atoms with Crippen LogP contribution in [0.3, 0.4) is 0 Å². The fourth-order valence-corrected chi connectivity index (χ4v) is 11.4. The van der Waals surface area contributed by atoms with Crippen LogP contribution in [0, 0.1) is 71.0 Å². The number of rotatable bonds is 33. The second-order valence-corrected chi connectivity index (χ2v) is 20.8. The van der Waals surface area contributed by atoms with Gasteiger partial charge in [0.05, 0.1) is 0 Å². The number of nitrogens with zero attached hydrogens (tertiary/aromatic N) is 1. The Kier molecular flexibility index (Phi) is 16.7. The molecule has 6 saturated carbocycles. The number of hydrogen-bond acceptors (Lipinski definition) is 3. The highest BCUT2D eigenvalue weighted by atomic mass is 16.5. The van der Waals surface area contributed by atoms with E-state index in [2.05, 4.69) is 32.8 Å². The summed E-state index contributed by atoms with van der Waals surface area (Å²) in [5.41, 5.74) is 0. The van der Waals surface area contributed by atoms with Crippen molar-refractivity contribution in [1.82, 2.24) is 4.90 Å². The zero-order valence-electron chi connectivity index (χ0n) is 35.2. The van der Waals surface area contributed by atoms with E-state index in [0.29, 0.717) is 6.42 Å². The van der Waals surface area contributed by atoms with Crippen LogP contribution in [0.5, 0.6) is 0 Å². The Labute approximate surface area is 323 Å². The van der Waals surface area contributed by atoms with Crippen LogP contribution in [-0.2, 0) is 9.53 Å². The van der Waals surface area contributed by atoms with Crippen molar-refractivity contribution in [2.45, 2.75) is 213 Å². The van der Waals surface area contributed by atoms with E-state index in [0.717, 1.165) is 96.8 Å². The third-order valence-electron chi connectivity index (χ3n) is 15.7. The number of ether oxygens (including phenoxy) is 1. The monoisotopic (exact) mass is 722 g/mol. The summed E-state index contributed by atoms with van der Waals surface area (Å²) in [4.78, 5) is 14.9. The van der Waals surface area contributed by atoms with Crippen molar-refractivity contribution in [3.8, 4) is 0 Å². The molecule has 300 valence electrons. The maximum absolute atomic E-state index is 12.7. The quantitative estimate of drug-likeness (QED) is 0.0499. The average molecular weight is 722 g/mol. The molecule has 6 aliphatic carbocycles. The molecule has 12 unspecified atom stereocenters. The molecule has 0 N–H and O–H groups in total. The van der Waals surface area contributed by atoms with Crippen LogP contribution in [0.4, 0.5) is 0 Å². The van der Waals surface area contributed by atoms with Gasteiger partial charge in [-0.2, -0.15) is 0 Å². The van der Waals surface area contributed by atoms with Gasteiger partial charge < -0.3 is 9.64 Å². The molecule has 0 radical (unpaired) electrons. The minimum absolute atomic E-state index is 0.0488. The van der Waals surface area contributed by atoms with Crippen molar-refractivity contribution in [1.29, 1.82) is 0 Å². The number of carbonyl (C=O) groups is 1. The van der Waals surface area contributed by atoms with Crippen LogP contribution in [0.2, 0.25) is 0 Å². The average Bonchev–Trinajstić information content (AvgIpc) is 3.87. The molecule has 0 saturated heterocycles. The number of carbonyl (C=O) groups excluding carboxylic acids is 1. The highest BCUT2D eigenvalue weighted by Gasteiger charge is 2.49. The molecule has 0 aromatic heterocycles. The van der Waals surface area contributed by atoms with E-state index >= 15 is 0 Å². The minimum Gasteiger partial charge on any atom is -0.462 e. The lowest BCUT2D eigenvalue weighted by Crippen LogP contribution is -2.20. The van der Waals surface area contributed by atoms with Crippen molar-refractivity contribution in [3.63, 3.8) is 0 Å². The normalized spacial score (nSPS) is 35.8. The fourth-order valence-electron chi connectivity index (χ4n) is 11.4. The summed E-state index contributed by atoms with van der Waals surface area (Å²) in [7, 11) is 4.18. The summed E-state index contributed by atoms with van der Waals surface area (Å²) < 4.78 is 6.14. The third-order valence-corrected chi connectivity index (χ3v) is 15.7. The summed E-state index contributed by atoms with van der Waals surface area (Å²) in [5, 5.41) is 0. The van der Waals surface area contributed by atoms with Crippen LogP contribution in [0.25, 0.3) is 0 Å². The first-order valence-corrected chi connectivity index (χ1v) is 24.2. The van der Waals surface area contributed by atoms with Gasteiger partial charge in [-0.05, 0) is 188 Å². The Bertz CT molecular complexity index is 959. The summed E-state index contributed by atoms with van der Waals surface area (Å²) >= 11 is 0. The molecule has 6 aliphatic rings. The molecule has 0 bridgehead atoms. The SMILES string of the molecule is CCCCCC1CC1CC1CC1CC1CC1CCCCCC(CCCCCC1CC1CC1CC1CC1CC1CCCCC)OC(=O)CCCN(C)C. The molecule has 0 aromatic rings. The second kappa shape index (κ2) is 21.1. The van der Waals surface area contributed by atoms with Gasteiger partial charge in [-0.25, -0.2) is 0 Å². The molecule has 6 fully saturated rings. The number of unbranched alkanes of at least 4 members (excludes halogenated alkanes) is 8. The van der Waals surface area contributed by atoms with E-state index in [4.69, 9.17) is 4.74 Å². The van der Waals surface area contributed by atoms with Crippen molar-refractivity contribution >= 4 is 5.97 Å². The molecule has 3 heteroatoms. The smallest absolute Gasteiger partial charge is 0.306 e. The molecule has 0 aromatic carbocycles. The van der Waals surface area contributed by atoms with Gasteiger partial charge in [-0.3, -0.25) is 4.79 Å². The van der Waals surface area contributed by atoms with Crippen LogP contribution in [-0.4, -0.2) is 37.6 Å². The molecular formula is C49H87NO2. The van der Waals surface area contributed by atoms with Crippen LogP contribution < -0.4 is 0 Å². The van der Waals surface area contributed by atoms with E-state index in [1.54, 1.807) is 51.4 Å². The van der Waals surface area contributed by atoms with E-state index in [1.165, 1.54) is 116 Å². The van der Waals surface area contributed by atoms with Crippen molar-refractivity contribution in [2.24, 2.45) is 71.0 Å². The van der Waals surface area contributed by atoms with E-state index in [-0.39, 0.29) is 12.1 Å². The van der Waals surface area contributed by atoms with Gasteiger partial charge in [0.1, 0.15) is 6.10 Å². The zero-order chi connectivity index (χ0) is 36.3. The highest BCUT2D eigenvalue weighted by Crippen LogP contribution is 2.59. The first-order chi connectivity index (χ1) is 25.4. The molecule has 12 atom stereocenters. The van der Waals surface area contributed by atoms with Gasteiger partial charge in [0.15, 0.2) is 0 Å². The molecular weight excluding hydrogens is 635 g/mol. The molecule has 0 spiro atoms. The summed E-state index contributed by atoms with van der Waals surface area (Å²) in [6.45, 7) is 5.63. The standard InChI is InChI=1S/C49H87NO2/c1-5-7-11-18-36-26-40(36)30-44-34-46(44)32-42-28-38(42)20-13-9-15-22-48(52-49(51)24-17-25-50(3)4)23-16-10-14-21-39-29-43(39)33-47-35-45(47)31-41-27-37(41)19-12-8-6-2/h36-48H,5-35H2,1-4H3. The number of hydrogen-bond donors (Lipinski definition) is 0. The number of esters is 1. The fraction of sp³-hybridized carbons (Fsp3) is 0.980. The Hall–Kier alpha value is -0.570. The molecule has 0 heterocycles. The third kappa shape index (κ3) is 15.2. The Morgan fingerprint density at radius 2 is 0.827 bits per heavy atom. The van der Waals surface area contributed by atoms with Gasteiger partial charge in [0.2, 0.25) is 0 Å². The maximum atomic E-state index is 12.7. The Morgan fingerprint density at radius 1 is 0.481 bits per heavy atom. The molecule has 0 aliphatic heterocycles. The van der Waals surface area contributed by atoms with Gasteiger partial charge in [0, 0.05) is 6.42 Å². The van der Waals surface area contributed by atoms with E-state index in [9.17, 15) is 4.79 Å². The van der Waals surface area contributed by atoms with Crippen LogP contribution in [0.1, 0.15) is 206 Å². The highest BCUT2D eigenvalue weighted by molar-refractivity contribution is 5.69. The predicted octanol–water partition coefficient (Wildman–Crippen LogP) is 13.7. The second-order valence-electron chi connectivity index (χ2n) is 20.8. The first-order valence-electron chi connectivity index (χ1n) is 24.2. The lowest BCUT2D eigenvalue weighted by Gasteiger charge is -2.18. The minimum atomic E-state index is 0.0488. The first kappa shape index (κ1) is 41.1.